The van der Waals surface area contributed by atoms with Gasteiger partial charge in [0.1, 0.15) is 0 Å². The van der Waals surface area contributed by atoms with Crippen molar-refractivity contribution < 1.29 is 32.9 Å². The maximum Gasteiger partial charge on any atom is 0.0667 e. The Kier molecular flexibility index (Phi) is 3.55. The first-order valence-electron chi connectivity index (χ1n) is 29.7. The lowest BCUT2D eigenvalue weighted by molar-refractivity contribution is 1.15. The summed E-state index contributed by atoms with van der Waals surface area (Å²) in [7, 11) is 0. The average Bonchev–Trinajstić information content (AvgIpc) is 4.18. The van der Waals surface area contributed by atoms with Crippen LogP contribution in [0.15, 0.2) is 212 Å². The van der Waals surface area contributed by atoms with Gasteiger partial charge in [0.05, 0.1) is 71.7 Å². The van der Waals surface area contributed by atoms with E-state index in [4.69, 9.17) is 15.1 Å². The molecule has 0 atom stereocenters. The molecule has 0 N–H and O–H groups in total. The first-order valence-corrected chi connectivity index (χ1v) is 17.7. The number of para-hydroxylation sites is 5. The van der Waals surface area contributed by atoms with Crippen molar-refractivity contribution in [3.8, 4) is 39.3 Å². The third kappa shape index (κ3) is 4.79. The van der Waals surface area contributed by atoms with Crippen LogP contribution in [0, 0.1) is 0 Å². The molecule has 3 heteroatoms. The second kappa shape index (κ2) is 12.5. The molecule has 0 aliphatic carbocycles. The normalized spacial score (nSPS) is 17.8. The minimum atomic E-state index is -0.941. The van der Waals surface area contributed by atoms with Crippen molar-refractivity contribution in [2.75, 3.05) is 0 Å². The van der Waals surface area contributed by atoms with E-state index in [1.54, 1.807) is 54.6 Å². The van der Waals surface area contributed by atoms with Gasteiger partial charge in [-0.25, -0.2) is 0 Å². The molecule has 3 aromatic heterocycles. The van der Waals surface area contributed by atoms with Crippen molar-refractivity contribution in [2.24, 2.45) is 0 Å². The number of nitrogens with zero attached hydrogens (tertiary/aromatic N) is 3. The van der Waals surface area contributed by atoms with Gasteiger partial charge in [0.15, 0.2) is 0 Å². The first-order chi connectivity index (χ1) is 38.3. The molecule has 0 bridgehead atoms. The molecule has 266 valence electrons. The summed E-state index contributed by atoms with van der Waals surface area (Å²) >= 11 is 0. The average molecular weight is 750 g/mol. The number of benzene rings is 9. The SMILES string of the molecule is [2H]c1cc([2H])c(-n2c3c([2H])c([2H])c([2H])c([2H])c3c3c([2H])c([2H])c(-n4c5c([2H])c([2H])c([2H])c([2H])c5c5c([2H])c(-c6c([2H])c([2H])c7c(c6[2H])c6c([2H])c([2H])c([2H])c([2H])c6n7-c6ccccc6-c6ccccc6)c([2H])c([2H])c54)c([2H])c32)c([2H])c1. The summed E-state index contributed by atoms with van der Waals surface area (Å²) in [4.78, 5) is 0. The van der Waals surface area contributed by atoms with Crippen LogP contribution in [0.5, 0.6) is 0 Å². The Morgan fingerprint density at radius 1 is 0.298 bits per heavy atom. The zero-order chi connectivity index (χ0) is 58.3. The molecule has 0 unspecified atom stereocenters. The molecule has 0 saturated heterocycles. The van der Waals surface area contributed by atoms with Gasteiger partial charge in [-0.2, -0.15) is 0 Å². The second-order valence-corrected chi connectivity index (χ2v) is 13.0. The quantitative estimate of drug-likeness (QED) is 0.166. The number of hydrogen-bond donors (Lipinski definition) is 0. The third-order valence-corrected chi connectivity index (χ3v) is 9.97. The smallest absolute Gasteiger partial charge is 0.0667 e. The molecule has 3 heterocycles. The molecule has 12 aromatic rings. The summed E-state index contributed by atoms with van der Waals surface area (Å²) in [5.74, 6) is 0. The summed E-state index contributed by atoms with van der Waals surface area (Å²) in [5, 5.41) is -2.42. The van der Waals surface area contributed by atoms with Gasteiger partial charge in [0, 0.05) is 49.3 Å². The molecule has 0 aliphatic heterocycles. The van der Waals surface area contributed by atoms with Gasteiger partial charge in [-0.05, 0) is 89.2 Å². The third-order valence-electron chi connectivity index (χ3n) is 9.97. The molecule has 3 nitrogen and oxygen atoms in total. The summed E-state index contributed by atoms with van der Waals surface area (Å²) in [6.07, 6.45) is 0. The van der Waals surface area contributed by atoms with Gasteiger partial charge in [-0.1, -0.05) is 139 Å². The predicted molar refractivity (Wildman–Crippen MR) is 240 cm³/mol. The zero-order valence-corrected chi connectivity index (χ0v) is 29.2. The van der Waals surface area contributed by atoms with Gasteiger partial charge in [-0.3, -0.25) is 0 Å². The topological polar surface area (TPSA) is 14.8 Å². The van der Waals surface area contributed by atoms with E-state index < -0.39 is 200 Å². The van der Waals surface area contributed by atoms with Crippen molar-refractivity contribution in [3.05, 3.63) is 212 Å². The summed E-state index contributed by atoms with van der Waals surface area (Å²) in [6.45, 7) is 0. The van der Waals surface area contributed by atoms with E-state index in [-0.39, 0.29) is 33.2 Å². The van der Waals surface area contributed by atoms with Gasteiger partial charge in [0.2, 0.25) is 0 Å². The standard InChI is InChI=1S/C54H35N3/c1-3-15-36(16-4-1)41-19-7-11-23-48(41)57-51-26-14-10-22-44(51)47-34-38(28-32-53(47)57)37-27-31-52-46(33-37)43-21-9-13-25-50(43)56(52)40-29-30-45-42-20-8-12-24-49(42)55(54(45)35-40)39-17-5-2-6-18-39/h1-35H/i2D,8D,9D,10D,12D,13D,14D,17D,18D,20D,21D,22D,24D,25D,26D,27D,28D,29D,30D,31D,32D,33D,34D,35D. The van der Waals surface area contributed by atoms with E-state index in [2.05, 4.69) is 0 Å². The van der Waals surface area contributed by atoms with Crippen LogP contribution in [0.2, 0.25) is 0 Å². The van der Waals surface area contributed by atoms with E-state index in [1.165, 1.54) is 4.57 Å². The second-order valence-electron chi connectivity index (χ2n) is 13.0. The van der Waals surface area contributed by atoms with Crippen LogP contribution in [0.25, 0.3) is 105 Å². The summed E-state index contributed by atoms with van der Waals surface area (Å²) in [5.41, 5.74) is -3.45. The Morgan fingerprint density at radius 3 is 1.47 bits per heavy atom. The fourth-order valence-electron chi connectivity index (χ4n) is 7.54. The highest BCUT2D eigenvalue weighted by atomic mass is 15.0. The molecule has 9 aromatic carbocycles. The molecule has 0 radical (unpaired) electrons. The largest absolute Gasteiger partial charge is 0.309 e. The highest BCUT2D eigenvalue weighted by Crippen LogP contribution is 2.41. The highest BCUT2D eigenvalue weighted by molar-refractivity contribution is 6.14. The number of hydrogen-bond acceptors (Lipinski definition) is 0. The van der Waals surface area contributed by atoms with Gasteiger partial charge in [-0.15, -0.1) is 0 Å². The van der Waals surface area contributed by atoms with Crippen molar-refractivity contribution in [1.82, 2.24) is 13.7 Å². The Morgan fingerprint density at radius 2 is 0.807 bits per heavy atom. The molecule has 57 heavy (non-hydrogen) atoms. The first kappa shape index (κ1) is 16.2. The molecule has 0 aliphatic rings. The number of aromatic nitrogens is 3. The summed E-state index contributed by atoms with van der Waals surface area (Å²) in [6, 6.07) is 0.112. The van der Waals surface area contributed by atoms with Crippen molar-refractivity contribution in [1.29, 1.82) is 0 Å². The van der Waals surface area contributed by atoms with E-state index in [1.807, 2.05) is 0 Å². The molecule has 0 amide bonds. The van der Waals surface area contributed by atoms with Gasteiger partial charge >= 0.3 is 0 Å². The minimum absolute atomic E-state index is 0.169. The van der Waals surface area contributed by atoms with Crippen LogP contribution in [0.1, 0.15) is 32.9 Å². The van der Waals surface area contributed by atoms with Crippen molar-refractivity contribution >= 4 is 65.4 Å². The van der Waals surface area contributed by atoms with Gasteiger partial charge in [0.25, 0.3) is 0 Å². The van der Waals surface area contributed by atoms with Crippen LogP contribution in [-0.4, -0.2) is 13.7 Å². The Balaban J connectivity index is 1.26. The maximum atomic E-state index is 10.1. The Labute approximate surface area is 363 Å². The van der Waals surface area contributed by atoms with E-state index in [9.17, 15) is 17.8 Å². The Hall–Kier alpha value is -7.62. The molecular weight excluding hydrogens is 691 g/mol. The molecule has 0 fully saturated rings. The van der Waals surface area contributed by atoms with E-state index in [0.29, 0.717) is 16.8 Å². The maximum absolute atomic E-state index is 10.1. The van der Waals surface area contributed by atoms with Crippen LogP contribution >= 0.6 is 0 Å². The van der Waals surface area contributed by atoms with E-state index in [0.717, 1.165) is 21.3 Å². The predicted octanol–water partition coefficient (Wildman–Crippen LogP) is 14.3. The number of rotatable bonds is 5. The molecule has 0 saturated carbocycles. The zero-order valence-electron chi connectivity index (χ0n) is 53.2. The van der Waals surface area contributed by atoms with Gasteiger partial charge < -0.3 is 13.7 Å². The van der Waals surface area contributed by atoms with Crippen LogP contribution in [0.4, 0.5) is 0 Å². The van der Waals surface area contributed by atoms with E-state index >= 15 is 0 Å². The van der Waals surface area contributed by atoms with Crippen LogP contribution < -0.4 is 0 Å². The fraction of sp³-hybridized carbons (Fsp3) is 0. The lowest BCUT2D eigenvalue weighted by Gasteiger charge is -2.14. The molecule has 0 spiro atoms. The molecule has 12 rings (SSSR count). The van der Waals surface area contributed by atoms with Crippen molar-refractivity contribution in [3.63, 3.8) is 0 Å². The lowest BCUT2D eigenvalue weighted by atomic mass is 10.0. The molecular formula is C54H35N3. The monoisotopic (exact) mass is 749 g/mol. The number of fused-ring (bicyclic) bond motifs is 9. The minimum Gasteiger partial charge on any atom is -0.309 e. The lowest BCUT2D eigenvalue weighted by Crippen LogP contribution is -1.97. The van der Waals surface area contributed by atoms with Crippen molar-refractivity contribution in [2.45, 2.75) is 0 Å². The fourth-order valence-corrected chi connectivity index (χ4v) is 7.54. The van der Waals surface area contributed by atoms with Crippen LogP contribution in [0.3, 0.4) is 0 Å². The van der Waals surface area contributed by atoms with Crippen LogP contribution in [-0.2, 0) is 0 Å². The Bertz CT molecular complexity index is 4900. The highest BCUT2D eigenvalue weighted by Gasteiger charge is 2.19. The summed E-state index contributed by atoms with van der Waals surface area (Å²) < 4.78 is 225.